The second kappa shape index (κ2) is 7.45. The minimum atomic E-state index is 0.631. The summed E-state index contributed by atoms with van der Waals surface area (Å²) >= 11 is 0. The number of hydrogen-bond donors (Lipinski definition) is 1. The van der Waals surface area contributed by atoms with Gasteiger partial charge in [0, 0.05) is 24.0 Å². The van der Waals surface area contributed by atoms with Crippen molar-refractivity contribution in [3.8, 4) is 6.07 Å². The highest BCUT2D eigenvalue weighted by molar-refractivity contribution is 5.65. The first kappa shape index (κ1) is 16.5. The summed E-state index contributed by atoms with van der Waals surface area (Å²) in [4.78, 5) is 11.2. The Morgan fingerprint density at radius 3 is 2.40 bits per heavy atom. The minimum absolute atomic E-state index is 0.631. The summed E-state index contributed by atoms with van der Waals surface area (Å²) in [5.74, 6) is 2.27. The van der Waals surface area contributed by atoms with Gasteiger partial charge >= 0.3 is 0 Å². The van der Waals surface area contributed by atoms with Crippen molar-refractivity contribution in [2.75, 3.05) is 16.8 Å². The Kier molecular flexibility index (Phi) is 4.91. The summed E-state index contributed by atoms with van der Waals surface area (Å²) in [6, 6.07) is 21.5. The monoisotopic (exact) mass is 329 g/mol. The number of hydrogen-bond acceptors (Lipinski definition) is 5. The number of nitriles is 1. The van der Waals surface area contributed by atoms with Crippen molar-refractivity contribution in [1.29, 1.82) is 5.26 Å². The highest BCUT2D eigenvalue weighted by atomic mass is 15.2. The van der Waals surface area contributed by atoms with Crippen LogP contribution in [-0.2, 0) is 0 Å². The van der Waals surface area contributed by atoms with E-state index < -0.39 is 0 Å². The zero-order valence-corrected chi connectivity index (χ0v) is 14.3. The van der Waals surface area contributed by atoms with Crippen molar-refractivity contribution >= 4 is 23.0 Å². The maximum Gasteiger partial charge on any atom is 0.138 e. The average molecular weight is 329 g/mol. The predicted octanol–water partition coefficient (Wildman–Crippen LogP) is 4.56. The van der Waals surface area contributed by atoms with Crippen molar-refractivity contribution in [3.05, 3.63) is 72.1 Å². The van der Waals surface area contributed by atoms with E-state index in [-0.39, 0.29) is 0 Å². The minimum Gasteiger partial charge on any atom is -0.340 e. The fourth-order valence-corrected chi connectivity index (χ4v) is 2.62. The van der Waals surface area contributed by atoms with Crippen LogP contribution in [0.15, 0.2) is 60.7 Å². The Morgan fingerprint density at radius 1 is 1.04 bits per heavy atom. The van der Waals surface area contributed by atoms with Crippen molar-refractivity contribution in [2.45, 2.75) is 13.8 Å². The van der Waals surface area contributed by atoms with Crippen molar-refractivity contribution < 1.29 is 0 Å². The van der Waals surface area contributed by atoms with Crippen LogP contribution >= 0.6 is 0 Å². The molecule has 124 valence electrons. The molecule has 0 aliphatic carbocycles. The molecule has 5 heteroatoms. The quantitative estimate of drug-likeness (QED) is 0.743. The first-order valence-electron chi connectivity index (χ1n) is 8.15. The number of rotatable bonds is 5. The van der Waals surface area contributed by atoms with Gasteiger partial charge in [-0.25, -0.2) is 9.97 Å². The molecule has 0 bridgehead atoms. The first-order valence-corrected chi connectivity index (χ1v) is 8.15. The molecule has 5 nitrogen and oxygen atoms in total. The number of para-hydroxylation sites is 1. The van der Waals surface area contributed by atoms with E-state index in [2.05, 4.69) is 45.3 Å². The summed E-state index contributed by atoms with van der Waals surface area (Å²) in [6.45, 7) is 4.78. The maximum absolute atomic E-state index is 8.89. The van der Waals surface area contributed by atoms with Gasteiger partial charge in [-0.15, -0.1) is 0 Å². The molecule has 0 spiro atoms. The van der Waals surface area contributed by atoms with Crippen LogP contribution in [0, 0.1) is 18.3 Å². The zero-order chi connectivity index (χ0) is 17.6. The Bertz CT molecular complexity index is 882. The molecule has 0 atom stereocenters. The van der Waals surface area contributed by atoms with E-state index in [1.807, 2.05) is 43.3 Å². The molecule has 0 radical (unpaired) electrons. The van der Waals surface area contributed by atoms with Crippen LogP contribution in [0.1, 0.15) is 18.3 Å². The predicted molar refractivity (Wildman–Crippen MR) is 100 cm³/mol. The third kappa shape index (κ3) is 3.93. The molecule has 0 aliphatic rings. The standard InChI is InChI=1S/C20H19N5/c1-3-25(18-7-5-4-6-8-18)20-13-19(22-15(2)23-20)24-17-11-9-16(14-21)10-12-17/h4-13H,3H2,1-2H3,(H,22,23,24). The van der Waals surface area contributed by atoms with Crippen LogP contribution in [0.25, 0.3) is 0 Å². The molecule has 0 amide bonds. The lowest BCUT2D eigenvalue weighted by Crippen LogP contribution is -2.18. The molecule has 2 aromatic carbocycles. The lowest BCUT2D eigenvalue weighted by atomic mass is 10.2. The highest BCUT2D eigenvalue weighted by Gasteiger charge is 2.11. The normalized spacial score (nSPS) is 10.1. The van der Waals surface area contributed by atoms with E-state index in [0.717, 1.165) is 29.6 Å². The largest absolute Gasteiger partial charge is 0.340 e. The number of aromatic nitrogens is 2. The van der Waals surface area contributed by atoms with E-state index in [0.29, 0.717) is 11.4 Å². The lowest BCUT2D eigenvalue weighted by molar-refractivity contribution is 0.953. The Hall–Kier alpha value is -3.39. The molecule has 0 unspecified atom stereocenters. The van der Waals surface area contributed by atoms with Crippen LogP contribution in [0.2, 0.25) is 0 Å². The van der Waals surface area contributed by atoms with Crippen LogP contribution in [-0.4, -0.2) is 16.5 Å². The summed E-state index contributed by atoms with van der Waals surface area (Å²) in [7, 11) is 0. The smallest absolute Gasteiger partial charge is 0.138 e. The molecule has 1 heterocycles. The van der Waals surface area contributed by atoms with Crippen molar-refractivity contribution in [1.82, 2.24) is 9.97 Å². The molecule has 0 fully saturated rings. The van der Waals surface area contributed by atoms with Gasteiger partial charge < -0.3 is 10.2 Å². The fraction of sp³-hybridized carbons (Fsp3) is 0.150. The van der Waals surface area contributed by atoms with Crippen LogP contribution in [0.5, 0.6) is 0 Å². The summed E-state index contributed by atoms with van der Waals surface area (Å²) in [6.07, 6.45) is 0. The van der Waals surface area contributed by atoms with Gasteiger partial charge in [-0.05, 0) is 50.2 Å². The van der Waals surface area contributed by atoms with Gasteiger partial charge in [0.05, 0.1) is 11.6 Å². The molecule has 0 saturated heterocycles. The molecule has 0 aliphatic heterocycles. The van der Waals surface area contributed by atoms with Crippen molar-refractivity contribution in [3.63, 3.8) is 0 Å². The Morgan fingerprint density at radius 2 is 1.76 bits per heavy atom. The van der Waals surface area contributed by atoms with Crippen LogP contribution in [0.4, 0.5) is 23.0 Å². The highest BCUT2D eigenvalue weighted by Crippen LogP contribution is 2.26. The molecule has 3 aromatic rings. The Labute approximate surface area is 147 Å². The van der Waals surface area contributed by atoms with Crippen LogP contribution in [0.3, 0.4) is 0 Å². The number of nitrogens with zero attached hydrogens (tertiary/aromatic N) is 4. The molecule has 0 saturated carbocycles. The van der Waals surface area contributed by atoms with Gasteiger partial charge in [0.15, 0.2) is 0 Å². The molecular weight excluding hydrogens is 310 g/mol. The molecule has 3 rings (SSSR count). The third-order valence-electron chi connectivity index (χ3n) is 3.77. The SMILES string of the molecule is CCN(c1ccccc1)c1cc(Nc2ccc(C#N)cc2)nc(C)n1. The van der Waals surface area contributed by atoms with E-state index in [4.69, 9.17) is 5.26 Å². The third-order valence-corrected chi connectivity index (χ3v) is 3.77. The second-order valence-electron chi connectivity index (χ2n) is 5.55. The molecular formula is C20H19N5. The average Bonchev–Trinajstić information content (AvgIpc) is 2.63. The summed E-state index contributed by atoms with van der Waals surface area (Å²) in [5, 5.41) is 12.2. The van der Waals surface area contributed by atoms with Gasteiger partial charge in [-0.1, -0.05) is 18.2 Å². The lowest BCUT2D eigenvalue weighted by Gasteiger charge is -2.23. The van der Waals surface area contributed by atoms with E-state index in [9.17, 15) is 0 Å². The topological polar surface area (TPSA) is 64.8 Å². The fourth-order valence-electron chi connectivity index (χ4n) is 2.62. The Balaban J connectivity index is 1.90. The number of nitrogens with one attached hydrogen (secondary N) is 1. The summed E-state index contributed by atoms with van der Waals surface area (Å²) < 4.78 is 0. The van der Waals surface area contributed by atoms with Crippen molar-refractivity contribution in [2.24, 2.45) is 0 Å². The van der Waals surface area contributed by atoms with E-state index in [1.54, 1.807) is 12.1 Å². The number of benzene rings is 2. The number of anilines is 4. The van der Waals surface area contributed by atoms with Gasteiger partial charge in [0.1, 0.15) is 17.5 Å². The first-order chi connectivity index (χ1) is 12.2. The van der Waals surface area contributed by atoms with Gasteiger partial charge in [0.25, 0.3) is 0 Å². The second-order valence-corrected chi connectivity index (χ2v) is 5.55. The number of aryl methyl sites for hydroxylation is 1. The molecule has 1 aromatic heterocycles. The van der Waals surface area contributed by atoms with E-state index in [1.165, 1.54) is 0 Å². The van der Waals surface area contributed by atoms with E-state index >= 15 is 0 Å². The van der Waals surface area contributed by atoms with Crippen LogP contribution < -0.4 is 10.2 Å². The van der Waals surface area contributed by atoms with Gasteiger partial charge in [0.2, 0.25) is 0 Å². The maximum atomic E-state index is 8.89. The molecule has 25 heavy (non-hydrogen) atoms. The summed E-state index contributed by atoms with van der Waals surface area (Å²) in [5.41, 5.74) is 2.60. The van der Waals surface area contributed by atoms with Gasteiger partial charge in [-0.3, -0.25) is 0 Å². The molecule has 1 N–H and O–H groups in total. The zero-order valence-electron chi connectivity index (χ0n) is 14.3. The van der Waals surface area contributed by atoms with Gasteiger partial charge in [-0.2, -0.15) is 5.26 Å².